The fourth-order valence-electron chi connectivity index (χ4n) is 2.32. The zero-order valence-corrected chi connectivity index (χ0v) is 9.58. The number of rotatable bonds is 4. The highest BCUT2D eigenvalue weighted by Crippen LogP contribution is 2.22. The minimum Gasteiger partial charge on any atom is -0.380 e. The van der Waals surface area contributed by atoms with E-state index in [0.717, 1.165) is 18.4 Å². The number of ether oxygens (including phenoxy) is 1. The molecule has 1 aromatic rings. The van der Waals surface area contributed by atoms with E-state index < -0.39 is 0 Å². The van der Waals surface area contributed by atoms with Crippen LogP contribution in [0.3, 0.4) is 0 Å². The van der Waals surface area contributed by atoms with Gasteiger partial charge in [-0.15, -0.1) is 0 Å². The Morgan fingerprint density at radius 2 is 2.19 bits per heavy atom. The van der Waals surface area contributed by atoms with Gasteiger partial charge in [-0.2, -0.15) is 0 Å². The molecule has 3 heteroatoms. The van der Waals surface area contributed by atoms with Crippen LogP contribution >= 0.6 is 0 Å². The van der Waals surface area contributed by atoms with E-state index in [2.05, 4.69) is 5.32 Å². The third-order valence-electron chi connectivity index (χ3n) is 3.27. The minimum absolute atomic E-state index is 0.137. The molecule has 2 rings (SSSR count). The predicted octanol–water partition coefficient (Wildman–Crippen LogP) is 2.48. The molecule has 1 aliphatic rings. The molecule has 2 nitrogen and oxygen atoms in total. The van der Waals surface area contributed by atoms with E-state index in [-0.39, 0.29) is 11.9 Å². The largest absolute Gasteiger partial charge is 0.380 e. The Hall–Kier alpha value is -0.930. The minimum atomic E-state index is -0.137. The molecule has 0 radical (unpaired) electrons. The van der Waals surface area contributed by atoms with Crippen LogP contribution in [0.4, 0.5) is 4.39 Å². The molecule has 2 atom stereocenters. The fourth-order valence-corrected chi connectivity index (χ4v) is 2.32. The second kappa shape index (κ2) is 5.41. The van der Waals surface area contributed by atoms with E-state index in [0.29, 0.717) is 12.6 Å². The molecular weight excluding hydrogens is 205 g/mol. The summed E-state index contributed by atoms with van der Waals surface area (Å²) in [5.41, 5.74) is 0.726. The lowest BCUT2D eigenvalue weighted by Crippen LogP contribution is -2.36. The molecule has 0 saturated heterocycles. The highest BCUT2D eigenvalue weighted by atomic mass is 19.1. The number of halogens is 1. The number of methoxy groups -OCH3 is 1. The van der Waals surface area contributed by atoms with Crippen LogP contribution in [0.5, 0.6) is 0 Å². The molecule has 0 spiro atoms. The van der Waals surface area contributed by atoms with Crippen LogP contribution < -0.4 is 5.32 Å². The van der Waals surface area contributed by atoms with Crippen molar-refractivity contribution < 1.29 is 9.13 Å². The smallest absolute Gasteiger partial charge is 0.127 e. The number of hydrogen-bond acceptors (Lipinski definition) is 2. The Bertz CT molecular complexity index is 342. The Morgan fingerprint density at radius 3 is 2.94 bits per heavy atom. The molecule has 16 heavy (non-hydrogen) atoms. The van der Waals surface area contributed by atoms with Crippen LogP contribution in [0.15, 0.2) is 24.3 Å². The van der Waals surface area contributed by atoms with Gasteiger partial charge in [-0.3, -0.25) is 0 Å². The standard InChI is InChI=1S/C13H18FNO/c1-16-13-8-4-7-12(13)15-9-10-5-2-3-6-11(10)14/h2-3,5-6,12-13,15H,4,7-9H2,1H3. The highest BCUT2D eigenvalue weighted by Gasteiger charge is 2.26. The zero-order valence-electron chi connectivity index (χ0n) is 9.58. The number of hydrogen-bond donors (Lipinski definition) is 1. The molecule has 0 heterocycles. The first-order valence-corrected chi connectivity index (χ1v) is 5.81. The number of nitrogens with one attached hydrogen (secondary N) is 1. The van der Waals surface area contributed by atoms with Crippen molar-refractivity contribution in [1.29, 1.82) is 0 Å². The maximum atomic E-state index is 13.4. The van der Waals surface area contributed by atoms with Gasteiger partial charge >= 0.3 is 0 Å². The Morgan fingerprint density at radius 1 is 1.38 bits per heavy atom. The molecule has 1 aliphatic carbocycles. The molecule has 88 valence electrons. The van der Waals surface area contributed by atoms with Crippen molar-refractivity contribution >= 4 is 0 Å². The van der Waals surface area contributed by atoms with Crippen LogP contribution in [0.25, 0.3) is 0 Å². The quantitative estimate of drug-likeness (QED) is 0.846. The van der Waals surface area contributed by atoms with E-state index in [9.17, 15) is 4.39 Å². The van der Waals surface area contributed by atoms with Crippen molar-refractivity contribution in [3.05, 3.63) is 35.6 Å². The molecule has 1 aromatic carbocycles. The summed E-state index contributed by atoms with van der Waals surface area (Å²) >= 11 is 0. The molecule has 1 saturated carbocycles. The third-order valence-corrected chi connectivity index (χ3v) is 3.27. The van der Waals surface area contributed by atoms with E-state index in [1.54, 1.807) is 13.2 Å². The second-order valence-corrected chi connectivity index (χ2v) is 4.28. The maximum Gasteiger partial charge on any atom is 0.127 e. The van der Waals surface area contributed by atoms with Crippen LogP contribution in [-0.2, 0) is 11.3 Å². The molecule has 0 amide bonds. The van der Waals surface area contributed by atoms with Gasteiger partial charge in [0, 0.05) is 25.3 Å². The van der Waals surface area contributed by atoms with Gasteiger partial charge in [-0.1, -0.05) is 18.2 Å². The average molecular weight is 223 g/mol. The van der Waals surface area contributed by atoms with E-state index in [4.69, 9.17) is 4.74 Å². The SMILES string of the molecule is COC1CCCC1NCc1ccccc1F. The molecule has 0 aromatic heterocycles. The van der Waals surface area contributed by atoms with Gasteiger partial charge in [0.25, 0.3) is 0 Å². The summed E-state index contributed by atoms with van der Waals surface area (Å²) in [7, 11) is 1.74. The monoisotopic (exact) mass is 223 g/mol. The van der Waals surface area contributed by atoms with Crippen molar-refractivity contribution in [2.24, 2.45) is 0 Å². The van der Waals surface area contributed by atoms with Gasteiger partial charge in [-0.25, -0.2) is 4.39 Å². The van der Waals surface area contributed by atoms with Gasteiger partial charge in [0.2, 0.25) is 0 Å². The van der Waals surface area contributed by atoms with Crippen LogP contribution in [0.1, 0.15) is 24.8 Å². The Labute approximate surface area is 95.8 Å². The molecule has 1 fully saturated rings. The molecule has 0 bridgehead atoms. The summed E-state index contributed by atoms with van der Waals surface area (Å²) in [6.45, 7) is 0.581. The summed E-state index contributed by atoms with van der Waals surface area (Å²) in [6.07, 6.45) is 3.69. The van der Waals surface area contributed by atoms with Crippen molar-refractivity contribution in [1.82, 2.24) is 5.32 Å². The second-order valence-electron chi connectivity index (χ2n) is 4.28. The lowest BCUT2D eigenvalue weighted by Gasteiger charge is -2.19. The Kier molecular flexibility index (Phi) is 3.91. The predicted molar refractivity (Wildman–Crippen MR) is 61.7 cm³/mol. The maximum absolute atomic E-state index is 13.4. The molecule has 0 aliphatic heterocycles. The van der Waals surface area contributed by atoms with Gasteiger partial charge in [0.15, 0.2) is 0 Å². The summed E-state index contributed by atoms with van der Waals surface area (Å²) in [6, 6.07) is 7.26. The van der Waals surface area contributed by atoms with E-state index in [1.165, 1.54) is 12.5 Å². The van der Waals surface area contributed by atoms with Gasteiger partial charge in [0.1, 0.15) is 5.82 Å². The Balaban J connectivity index is 1.90. The van der Waals surface area contributed by atoms with Crippen molar-refractivity contribution in [2.45, 2.75) is 38.0 Å². The van der Waals surface area contributed by atoms with E-state index in [1.807, 2.05) is 12.1 Å². The average Bonchev–Trinajstić information content (AvgIpc) is 2.75. The summed E-state index contributed by atoms with van der Waals surface area (Å²) < 4.78 is 18.8. The van der Waals surface area contributed by atoms with Crippen LogP contribution in [0, 0.1) is 5.82 Å². The summed E-state index contributed by atoms with van der Waals surface area (Å²) in [4.78, 5) is 0. The zero-order chi connectivity index (χ0) is 11.4. The third kappa shape index (κ3) is 2.60. The van der Waals surface area contributed by atoms with Crippen molar-refractivity contribution in [2.75, 3.05) is 7.11 Å². The lowest BCUT2D eigenvalue weighted by molar-refractivity contribution is 0.0846. The van der Waals surface area contributed by atoms with Crippen LogP contribution in [0.2, 0.25) is 0 Å². The lowest BCUT2D eigenvalue weighted by atomic mass is 10.1. The van der Waals surface area contributed by atoms with Gasteiger partial charge in [-0.05, 0) is 25.3 Å². The molecule has 2 unspecified atom stereocenters. The first-order valence-electron chi connectivity index (χ1n) is 5.81. The van der Waals surface area contributed by atoms with Gasteiger partial charge < -0.3 is 10.1 Å². The first kappa shape index (κ1) is 11.6. The number of benzene rings is 1. The molecular formula is C13H18FNO. The molecule has 1 N–H and O–H groups in total. The summed E-state index contributed by atoms with van der Waals surface area (Å²) in [5, 5.41) is 3.37. The van der Waals surface area contributed by atoms with E-state index >= 15 is 0 Å². The highest BCUT2D eigenvalue weighted by molar-refractivity contribution is 5.17. The van der Waals surface area contributed by atoms with Crippen molar-refractivity contribution in [3.8, 4) is 0 Å². The van der Waals surface area contributed by atoms with Crippen LogP contribution in [-0.4, -0.2) is 19.3 Å². The topological polar surface area (TPSA) is 21.3 Å². The van der Waals surface area contributed by atoms with Crippen molar-refractivity contribution in [3.63, 3.8) is 0 Å². The normalized spacial score (nSPS) is 24.9. The van der Waals surface area contributed by atoms with Gasteiger partial charge in [0.05, 0.1) is 6.10 Å². The first-order chi connectivity index (χ1) is 7.81. The fraction of sp³-hybridized carbons (Fsp3) is 0.538. The summed E-state index contributed by atoms with van der Waals surface area (Å²) in [5.74, 6) is -0.137.